The summed E-state index contributed by atoms with van der Waals surface area (Å²) in [5, 5.41) is 3.32. The molecule has 1 atom stereocenters. The Labute approximate surface area is 199 Å². The molecule has 0 saturated carbocycles. The number of aliphatic imine (C=N–C) groups is 1. The zero-order chi connectivity index (χ0) is 21.3. The number of amides is 1. The molecule has 1 aliphatic rings. The highest BCUT2D eigenvalue weighted by molar-refractivity contribution is 14.0. The van der Waals surface area contributed by atoms with Crippen LogP contribution in [0, 0.1) is 11.7 Å². The summed E-state index contributed by atoms with van der Waals surface area (Å²) in [4.78, 5) is 22.5. The van der Waals surface area contributed by atoms with Gasteiger partial charge in [-0.25, -0.2) is 14.4 Å². The highest BCUT2D eigenvalue weighted by Gasteiger charge is 2.23. The average molecular weight is 541 g/mol. The molecule has 3 N–H and O–H groups in total. The number of pyridine rings is 1. The van der Waals surface area contributed by atoms with E-state index in [1.165, 1.54) is 12.1 Å². The lowest BCUT2D eigenvalue weighted by atomic mass is 9.95. The second kappa shape index (κ2) is 12.4. The van der Waals surface area contributed by atoms with Crippen molar-refractivity contribution >= 4 is 35.8 Å². The van der Waals surface area contributed by atoms with Crippen LogP contribution in [0.1, 0.15) is 31.7 Å². The second-order valence-corrected chi connectivity index (χ2v) is 7.36. The van der Waals surface area contributed by atoms with Crippen LogP contribution in [0.25, 0.3) is 0 Å². The van der Waals surface area contributed by atoms with Crippen LogP contribution < -0.4 is 15.8 Å². The minimum Gasteiger partial charge on any atom is -0.439 e. The summed E-state index contributed by atoms with van der Waals surface area (Å²) in [7, 11) is 0. The maximum Gasteiger partial charge on any atom is 0.219 e. The summed E-state index contributed by atoms with van der Waals surface area (Å²) >= 11 is 0. The van der Waals surface area contributed by atoms with Crippen LogP contribution in [0.5, 0.6) is 11.6 Å². The summed E-state index contributed by atoms with van der Waals surface area (Å²) in [5.74, 6) is 1.28. The van der Waals surface area contributed by atoms with Gasteiger partial charge in [0, 0.05) is 44.4 Å². The quantitative estimate of drug-likeness (QED) is 0.317. The first-order valence-corrected chi connectivity index (χ1v) is 10.2. The SMILES string of the molecule is CCNC(=NCc1ccc(Oc2cccc(F)c2)nc1)N1CCCC(CC(N)=O)C1.I. The molecule has 3 rings (SSSR count). The molecular formula is C22H29FIN5O2. The number of piperidine rings is 1. The van der Waals surface area contributed by atoms with Crippen LogP contribution in [0.2, 0.25) is 0 Å². The van der Waals surface area contributed by atoms with Gasteiger partial charge in [0.2, 0.25) is 11.8 Å². The van der Waals surface area contributed by atoms with Gasteiger partial charge in [-0.2, -0.15) is 0 Å². The summed E-state index contributed by atoms with van der Waals surface area (Å²) in [6.45, 7) is 4.93. The molecule has 0 spiro atoms. The van der Waals surface area contributed by atoms with E-state index < -0.39 is 0 Å². The van der Waals surface area contributed by atoms with Gasteiger partial charge < -0.3 is 20.7 Å². The molecule has 0 aliphatic carbocycles. The Balaban J connectivity index is 0.00000341. The Bertz CT molecular complexity index is 878. The van der Waals surface area contributed by atoms with E-state index in [1.807, 2.05) is 13.0 Å². The van der Waals surface area contributed by atoms with Gasteiger partial charge in [0.1, 0.15) is 11.6 Å². The number of likely N-dealkylation sites (tertiary alicyclic amines) is 1. The van der Waals surface area contributed by atoms with Gasteiger partial charge in [-0.3, -0.25) is 4.79 Å². The van der Waals surface area contributed by atoms with E-state index in [9.17, 15) is 9.18 Å². The van der Waals surface area contributed by atoms with Crippen molar-refractivity contribution in [3.8, 4) is 11.6 Å². The molecule has 1 fully saturated rings. The van der Waals surface area contributed by atoms with Crippen molar-refractivity contribution in [3.05, 3.63) is 54.0 Å². The first kappa shape index (κ1) is 24.8. The standard InChI is InChI=1S/C22H28FN5O2.HI/c1-2-25-22(28-10-4-5-16(15-28)11-20(24)29)27-14-17-8-9-21(26-13-17)30-19-7-3-6-18(23)12-19;/h3,6-9,12-13,16H,2,4-5,10-11,14-15H2,1H3,(H2,24,29)(H,25,27);1H. The number of hydrogen-bond acceptors (Lipinski definition) is 4. The summed E-state index contributed by atoms with van der Waals surface area (Å²) in [6, 6.07) is 9.57. The molecule has 2 aromatic rings. The summed E-state index contributed by atoms with van der Waals surface area (Å²) in [5.41, 5.74) is 6.30. The summed E-state index contributed by atoms with van der Waals surface area (Å²) < 4.78 is 18.8. The van der Waals surface area contributed by atoms with Gasteiger partial charge in [-0.1, -0.05) is 12.1 Å². The number of carbonyl (C=O) groups is 1. The van der Waals surface area contributed by atoms with Crippen molar-refractivity contribution in [3.63, 3.8) is 0 Å². The van der Waals surface area contributed by atoms with Crippen LogP contribution >= 0.6 is 24.0 Å². The van der Waals surface area contributed by atoms with E-state index in [4.69, 9.17) is 15.5 Å². The molecule has 168 valence electrons. The van der Waals surface area contributed by atoms with Crippen molar-refractivity contribution in [1.82, 2.24) is 15.2 Å². The number of halogens is 2. The maximum absolute atomic E-state index is 13.3. The molecule has 1 unspecified atom stereocenters. The molecule has 1 saturated heterocycles. The third-order valence-corrected chi connectivity index (χ3v) is 4.87. The molecule has 9 heteroatoms. The van der Waals surface area contributed by atoms with E-state index in [2.05, 4.69) is 15.2 Å². The monoisotopic (exact) mass is 541 g/mol. The minimum atomic E-state index is -0.356. The van der Waals surface area contributed by atoms with Crippen LogP contribution in [0.4, 0.5) is 4.39 Å². The number of nitrogens with two attached hydrogens (primary N) is 1. The Morgan fingerprint density at radius 3 is 2.90 bits per heavy atom. The predicted octanol–water partition coefficient (Wildman–Crippen LogP) is 3.68. The largest absolute Gasteiger partial charge is 0.439 e. The summed E-state index contributed by atoms with van der Waals surface area (Å²) in [6.07, 6.45) is 4.13. The van der Waals surface area contributed by atoms with E-state index in [1.54, 1.807) is 24.4 Å². The van der Waals surface area contributed by atoms with Gasteiger partial charge in [0.15, 0.2) is 5.96 Å². The molecule has 2 heterocycles. The third kappa shape index (κ3) is 7.97. The van der Waals surface area contributed by atoms with E-state index in [0.29, 0.717) is 24.6 Å². The minimum absolute atomic E-state index is 0. The highest BCUT2D eigenvalue weighted by Crippen LogP contribution is 2.21. The number of rotatable bonds is 7. The number of nitrogens with zero attached hydrogens (tertiary/aromatic N) is 3. The van der Waals surface area contributed by atoms with E-state index in [-0.39, 0.29) is 41.6 Å². The first-order chi connectivity index (χ1) is 14.5. The van der Waals surface area contributed by atoms with Crippen LogP contribution in [0.15, 0.2) is 47.6 Å². The molecule has 7 nitrogen and oxygen atoms in total. The zero-order valence-electron chi connectivity index (χ0n) is 17.6. The lowest BCUT2D eigenvalue weighted by molar-refractivity contribution is -0.119. The number of nitrogens with one attached hydrogen (secondary N) is 1. The number of primary amides is 1. The molecule has 0 radical (unpaired) electrons. The fourth-order valence-electron chi connectivity index (χ4n) is 3.52. The predicted molar refractivity (Wildman–Crippen MR) is 129 cm³/mol. The van der Waals surface area contributed by atoms with Crippen molar-refractivity contribution < 1.29 is 13.9 Å². The molecular weight excluding hydrogens is 512 g/mol. The maximum atomic E-state index is 13.3. The normalized spacial score (nSPS) is 16.4. The molecule has 1 aromatic carbocycles. The number of benzene rings is 1. The first-order valence-electron chi connectivity index (χ1n) is 10.2. The van der Waals surface area contributed by atoms with Crippen LogP contribution in [-0.2, 0) is 11.3 Å². The van der Waals surface area contributed by atoms with Crippen LogP contribution in [0.3, 0.4) is 0 Å². The number of carbonyl (C=O) groups excluding carboxylic acids is 1. The van der Waals surface area contributed by atoms with Gasteiger partial charge in [-0.15, -0.1) is 24.0 Å². The van der Waals surface area contributed by atoms with Crippen molar-refractivity contribution in [2.75, 3.05) is 19.6 Å². The highest BCUT2D eigenvalue weighted by atomic mass is 127. The van der Waals surface area contributed by atoms with Crippen LogP contribution in [-0.4, -0.2) is 41.4 Å². The lowest BCUT2D eigenvalue weighted by Crippen LogP contribution is -2.47. The molecule has 1 aromatic heterocycles. The molecule has 1 amide bonds. The zero-order valence-corrected chi connectivity index (χ0v) is 19.9. The number of hydrogen-bond donors (Lipinski definition) is 2. The van der Waals surface area contributed by atoms with Gasteiger partial charge in [0.25, 0.3) is 0 Å². The fraction of sp³-hybridized carbons (Fsp3) is 0.409. The number of aromatic nitrogens is 1. The van der Waals surface area contributed by atoms with Gasteiger partial charge in [-0.05, 0) is 43.4 Å². The van der Waals surface area contributed by atoms with Gasteiger partial charge in [0.05, 0.1) is 6.54 Å². The Morgan fingerprint density at radius 1 is 1.39 bits per heavy atom. The van der Waals surface area contributed by atoms with E-state index in [0.717, 1.165) is 44.0 Å². The van der Waals surface area contributed by atoms with Crippen molar-refractivity contribution in [2.24, 2.45) is 16.6 Å². The van der Waals surface area contributed by atoms with E-state index >= 15 is 0 Å². The number of guanidine groups is 1. The molecule has 31 heavy (non-hydrogen) atoms. The van der Waals surface area contributed by atoms with Crippen molar-refractivity contribution in [1.29, 1.82) is 0 Å². The smallest absolute Gasteiger partial charge is 0.219 e. The Kier molecular flexibility index (Phi) is 9.96. The second-order valence-electron chi connectivity index (χ2n) is 7.36. The van der Waals surface area contributed by atoms with Crippen molar-refractivity contribution in [2.45, 2.75) is 32.7 Å². The fourth-order valence-corrected chi connectivity index (χ4v) is 3.52. The van der Waals surface area contributed by atoms with Gasteiger partial charge >= 0.3 is 0 Å². The number of ether oxygens (including phenoxy) is 1. The Hall–Kier alpha value is -2.43. The average Bonchev–Trinajstić information content (AvgIpc) is 2.72. The molecule has 0 bridgehead atoms. The third-order valence-electron chi connectivity index (χ3n) is 4.87. The topological polar surface area (TPSA) is 92.8 Å². The lowest BCUT2D eigenvalue weighted by Gasteiger charge is -2.34. The Morgan fingerprint density at radius 2 is 2.23 bits per heavy atom. The molecule has 1 aliphatic heterocycles.